The van der Waals surface area contributed by atoms with Crippen LogP contribution in [0.3, 0.4) is 0 Å². The van der Waals surface area contributed by atoms with Crippen LogP contribution >= 0.6 is 23.4 Å². The van der Waals surface area contributed by atoms with E-state index in [1.54, 1.807) is 23.5 Å². The van der Waals surface area contributed by atoms with Gasteiger partial charge in [0.25, 0.3) is 0 Å². The summed E-state index contributed by atoms with van der Waals surface area (Å²) < 4.78 is 6.88. The molecule has 0 atom stereocenters. The maximum atomic E-state index is 8.39. The van der Waals surface area contributed by atoms with Gasteiger partial charge in [0.2, 0.25) is 11.8 Å². The van der Waals surface area contributed by atoms with E-state index >= 15 is 0 Å². The lowest BCUT2D eigenvalue weighted by Crippen LogP contribution is -2.25. The molecule has 0 aliphatic heterocycles. The standard InChI is InChI=1S/C19H23ClN4OS/c1-18(2,3)15-11-14(24(4)23-15)16(21)25-17(22)19(9-10-19)26-13-7-5-12(20)6-8-13/h5-8,11,21-22H,9-10H2,1-4H3. The summed E-state index contributed by atoms with van der Waals surface area (Å²) in [6, 6.07) is 9.44. The fraction of sp³-hybridized carbons (Fsp3) is 0.421. The maximum Gasteiger partial charge on any atom is 0.239 e. The number of ether oxygens (including phenoxy) is 1. The molecule has 0 saturated heterocycles. The van der Waals surface area contributed by atoms with E-state index in [0.717, 1.165) is 23.4 Å². The number of aromatic nitrogens is 2. The predicted octanol–water partition coefficient (Wildman–Crippen LogP) is 5.02. The molecule has 2 N–H and O–H groups in total. The van der Waals surface area contributed by atoms with Gasteiger partial charge in [-0.3, -0.25) is 15.5 Å². The number of hydrogen-bond donors (Lipinski definition) is 2. The van der Waals surface area contributed by atoms with Gasteiger partial charge in [-0.15, -0.1) is 11.8 Å². The second-order valence-electron chi connectivity index (χ2n) is 7.60. The first-order chi connectivity index (χ1) is 12.1. The van der Waals surface area contributed by atoms with Crippen molar-refractivity contribution in [3.8, 4) is 0 Å². The quantitative estimate of drug-likeness (QED) is 0.568. The molecule has 1 heterocycles. The lowest BCUT2D eigenvalue weighted by molar-refractivity contribution is 0.509. The van der Waals surface area contributed by atoms with Gasteiger partial charge in [0.05, 0.1) is 10.4 Å². The van der Waals surface area contributed by atoms with E-state index in [1.807, 2.05) is 30.3 Å². The van der Waals surface area contributed by atoms with Crippen LogP contribution in [0.4, 0.5) is 0 Å². The zero-order valence-electron chi connectivity index (χ0n) is 15.4. The highest BCUT2D eigenvalue weighted by molar-refractivity contribution is 8.01. The third-order valence-corrected chi connectivity index (χ3v) is 6.07. The van der Waals surface area contributed by atoms with Crippen molar-refractivity contribution in [2.75, 3.05) is 0 Å². The van der Waals surface area contributed by atoms with Crippen molar-refractivity contribution in [1.29, 1.82) is 10.8 Å². The number of rotatable bonds is 4. The first-order valence-electron chi connectivity index (χ1n) is 8.46. The predicted molar refractivity (Wildman–Crippen MR) is 107 cm³/mol. The van der Waals surface area contributed by atoms with E-state index in [-0.39, 0.29) is 22.0 Å². The van der Waals surface area contributed by atoms with Crippen LogP contribution in [0.1, 0.15) is 45.0 Å². The van der Waals surface area contributed by atoms with E-state index < -0.39 is 0 Å². The van der Waals surface area contributed by atoms with Crippen LogP contribution < -0.4 is 0 Å². The molecule has 1 aliphatic carbocycles. The summed E-state index contributed by atoms with van der Waals surface area (Å²) in [7, 11) is 1.79. The summed E-state index contributed by atoms with van der Waals surface area (Å²) in [5.74, 6) is 0.0874. The third-order valence-electron chi connectivity index (χ3n) is 4.33. The Kier molecular flexibility index (Phi) is 4.92. The van der Waals surface area contributed by atoms with E-state index in [4.69, 9.17) is 27.2 Å². The summed E-state index contributed by atoms with van der Waals surface area (Å²) in [5.41, 5.74) is 1.37. The van der Waals surface area contributed by atoms with Crippen molar-refractivity contribution in [1.82, 2.24) is 9.78 Å². The van der Waals surface area contributed by atoms with Crippen molar-refractivity contribution in [3.05, 3.63) is 46.7 Å². The Labute approximate surface area is 163 Å². The third kappa shape index (κ3) is 3.96. The molecule has 0 amide bonds. The van der Waals surface area contributed by atoms with Gasteiger partial charge in [0.15, 0.2) is 0 Å². The maximum absolute atomic E-state index is 8.39. The number of halogens is 1. The van der Waals surface area contributed by atoms with Crippen molar-refractivity contribution in [2.45, 2.75) is 48.7 Å². The SMILES string of the molecule is Cn1nc(C(C)(C)C)cc1C(=N)OC(=N)C1(Sc2ccc(Cl)cc2)CC1. The Morgan fingerprint density at radius 2 is 1.85 bits per heavy atom. The molecule has 1 aliphatic rings. The highest BCUT2D eigenvalue weighted by Crippen LogP contribution is 2.52. The monoisotopic (exact) mass is 390 g/mol. The van der Waals surface area contributed by atoms with Gasteiger partial charge in [0, 0.05) is 22.4 Å². The fourth-order valence-corrected chi connectivity index (χ4v) is 3.80. The molecule has 1 aromatic carbocycles. The summed E-state index contributed by atoms with van der Waals surface area (Å²) in [4.78, 5) is 1.04. The van der Waals surface area contributed by atoms with Crippen molar-refractivity contribution < 1.29 is 4.74 Å². The molecular formula is C19H23ClN4OS. The number of thioether (sulfide) groups is 1. The molecular weight excluding hydrogens is 368 g/mol. The van der Waals surface area contributed by atoms with Crippen LogP contribution in [0.15, 0.2) is 35.2 Å². The van der Waals surface area contributed by atoms with Gasteiger partial charge in [-0.1, -0.05) is 32.4 Å². The molecule has 0 radical (unpaired) electrons. The highest BCUT2D eigenvalue weighted by Gasteiger charge is 2.50. The topological polar surface area (TPSA) is 74.8 Å². The molecule has 3 rings (SSSR count). The zero-order chi connectivity index (χ0) is 19.1. The van der Waals surface area contributed by atoms with Gasteiger partial charge in [0.1, 0.15) is 5.69 Å². The molecule has 0 spiro atoms. The Morgan fingerprint density at radius 3 is 2.35 bits per heavy atom. The van der Waals surface area contributed by atoms with Crippen molar-refractivity contribution in [3.63, 3.8) is 0 Å². The smallest absolute Gasteiger partial charge is 0.239 e. The second-order valence-corrected chi connectivity index (χ2v) is 9.49. The first kappa shape index (κ1) is 19.0. The Bertz CT molecular complexity index is 847. The van der Waals surface area contributed by atoms with Crippen LogP contribution in [-0.4, -0.2) is 26.3 Å². The molecule has 1 saturated carbocycles. The zero-order valence-corrected chi connectivity index (χ0v) is 17.0. The second kappa shape index (κ2) is 6.74. The molecule has 7 heteroatoms. The molecule has 0 bridgehead atoms. The molecule has 1 aromatic heterocycles. The fourth-order valence-electron chi connectivity index (χ4n) is 2.51. The number of aryl methyl sites for hydroxylation is 1. The Hall–Kier alpha value is -1.79. The average molecular weight is 391 g/mol. The van der Waals surface area contributed by atoms with E-state index in [2.05, 4.69) is 25.9 Å². The van der Waals surface area contributed by atoms with Crippen LogP contribution in [-0.2, 0) is 17.2 Å². The van der Waals surface area contributed by atoms with Gasteiger partial charge < -0.3 is 4.74 Å². The number of nitrogens with zero attached hydrogens (tertiary/aromatic N) is 2. The molecule has 0 unspecified atom stereocenters. The highest BCUT2D eigenvalue weighted by atomic mass is 35.5. The van der Waals surface area contributed by atoms with Crippen LogP contribution in [0, 0.1) is 10.8 Å². The molecule has 5 nitrogen and oxygen atoms in total. The van der Waals surface area contributed by atoms with E-state index in [0.29, 0.717) is 10.7 Å². The Morgan fingerprint density at radius 1 is 1.23 bits per heavy atom. The van der Waals surface area contributed by atoms with Crippen molar-refractivity contribution in [2.24, 2.45) is 7.05 Å². The summed E-state index contributed by atoms with van der Waals surface area (Å²) in [6.07, 6.45) is 1.73. The minimum absolute atomic E-state index is 0.0384. The van der Waals surface area contributed by atoms with Gasteiger partial charge in [-0.05, 0) is 43.2 Å². The van der Waals surface area contributed by atoms with Gasteiger partial charge in [-0.2, -0.15) is 5.10 Å². The number of benzene rings is 1. The number of hydrogen-bond acceptors (Lipinski definition) is 5. The largest absolute Gasteiger partial charge is 0.422 e. The normalized spacial score (nSPS) is 15.6. The van der Waals surface area contributed by atoms with Crippen LogP contribution in [0.25, 0.3) is 0 Å². The van der Waals surface area contributed by atoms with Crippen LogP contribution in [0.2, 0.25) is 5.02 Å². The van der Waals surface area contributed by atoms with E-state index in [9.17, 15) is 0 Å². The van der Waals surface area contributed by atoms with Crippen LogP contribution in [0.5, 0.6) is 0 Å². The summed E-state index contributed by atoms with van der Waals surface area (Å²) in [5, 5.41) is 21.8. The van der Waals surface area contributed by atoms with Gasteiger partial charge in [-0.25, -0.2) is 0 Å². The Balaban J connectivity index is 1.70. The lowest BCUT2D eigenvalue weighted by atomic mass is 9.92. The van der Waals surface area contributed by atoms with E-state index in [1.165, 1.54) is 0 Å². The summed E-state index contributed by atoms with van der Waals surface area (Å²) in [6.45, 7) is 6.23. The molecule has 26 heavy (non-hydrogen) atoms. The molecule has 1 fully saturated rings. The molecule has 2 aromatic rings. The lowest BCUT2D eigenvalue weighted by Gasteiger charge is -2.17. The minimum atomic E-state index is -0.383. The molecule has 138 valence electrons. The van der Waals surface area contributed by atoms with Crippen molar-refractivity contribution >= 4 is 35.2 Å². The summed E-state index contributed by atoms with van der Waals surface area (Å²) >= 11 is 7.53. The first-order valence-corrected chi connectivity index (χ1v) is 9.65. The average Bonchev–Trinajstić information content (AvgIpc) is 3.22. The number of nitrogens with one attached hydrogen (secondary N) is 2. The minimum Gasteiger partial charge on any atom is -0.422 e. The van der Waals surface area contributed by atoms with Gasteiger partial charge >= 0.3 is 0 Å².